The highest BCUT2D eigenvalue weighted by Gasteiger charge is 2.08. The van der Waals surface area contributed by atoms with E-state index in [4.69, 9.17) is 5.11 Å². The van der Waals surface area contributed by atoms with Gasteiger partial charge in [0.2, 0.25) is 0 Å². The van der Waals surface area contributed by atoms with Gasteiger partial charge in [0.05, 0.1) is 6.54 Å². The number of nitrogens with zero attached hydrogens (tertiary/aromatic N) is 2. The van der Waals surface area contributed by atoms with Gasteiger partial charge in [-0.2, -0.15) is 5.10 Å². The van der Waals surface area contributed by atoms with E-state index in [1.165, 1.54) is 6.07 Å². The Morgan fingerprint density at radius 1 is 1.60 bits per heavy atom. The van der Waals surface area contributed by atoms with Crippen molar-refractivity contribution in [2.45, 2.75) is 6.54 Å². The maximum Gasteiger partial charge on any atom is 0.356 e. The molecule has 0 spiro atoms. The first-order chi connectivity index (χ1) is 7.16. The van der Waals surface area contributed by atoms with Crippen molar-refractivity contribution in [2.24, 2.45) is 0 Å². The molecule has 2 aromatic heterocycles. The molecular weight excluding hydrogens is 280 g/mol. The van der Waals surface area contributed by atoms with Crippen molar-refractivity contribution in [3.05, 3.63) is 38.8 Å². The minimum absolute atomic E-state index is 0.0719. The van der Waals surface area contributed by atoms with Crippen LogP contribution < -0.4 is 0 Å². The molecule has 0 saturated carbocycles. The summed E-state index contributed by atoms with van der Waals surface area (Å²) in [4.78, 5) is 11.7. The number of thiophene rings is 1. The Kier molecular flexibility index (Phi) is 2.88. The monoisotopic (exact) mass is 286 g/mol. The van der Waals surface area contributed by atoms with E-state index in [1.54, 1.807) is 22.2 Å². The fraction of sp³-hybridized carbons (Fsp3) is 0.111. The van der Waals surface area contributed by atoms with Crippen molar-refractivity contribution in [1.82, 2.24) is 9.78 Å². The predicted octanol–water partition coefficient (Wildman–Crippen LogP) is 2.45. The van der Waals surface area contributed by atoms with Crippen molar-refractivity contribution < 1.29 is 9.90 Å². The summed E-state index contributed by atoms with van der Waals surface area (Å²) in [5, 5.41) is 14.6. The van der Waals surface area contributed by atoms with Gasteiger partial charge in [-0.15, -0.1) is 11.3 Å². The molecule has 0 aromatic carbocycles. The van der Waals surface area contributed by atoms with Crippen LogP contribution in [0.4, 0.5) is 0 Å². The smallest absolute Gasteiger partial charge is 0.356 e. The van der Waals surface area contributed by atoms with Gasteiger partial charge in [-0.25, -0.2) is 4.79 Å². The molecule has 6 heteroatoms. The molecule has 0 atom stereocenters. The summed E-state index contributed by atoms with van der Waals surface area (Å²) in [6, 6.07) is 3.45. The summed E-state index contributed by atoms with van der Waals surface area (Å²) in [5.41, 5.74) is 0.0719. The van der Waals surface area contributed by atoms with E-state index in [9.17, 15) is 4.79 Å². The number of aromatic nitrogens is 2. The number of carbonyl (C=O) groups is 1. The van der Waals surface area contributed by atoms with Gasteiger partial charge >= 0.3 is 5.97 Å². The van der Waals surface area contributed by atoms with Crippen LogP contribution in [0.1, 0.15) is 15.4 Å². The molecule has 15 heavy (non-hydrogen) atoms. The lowest BCUT2D eigenvalue weighted by Crippen LogP contribution is -2.03. The van der Waals surface area contributed by atoms with Crippen LogP contribution in [0.25, 0.3) is 0 Å². The molecule has 2 aromatic rings. The van der Waals surface area contributed by atoms with E-state index in [1.807, 2.05) is 11.4 Å². The molecule has 1 N–H and O–H groups in total. The molecule has 0 aliphatic heterocycles. The van der Waals surface area contributed by atoms with E-state index in [0.717, 1.165) is 9.35 Å². The first-order valence-electron chi connectivity index (χ1n) is 4.15. The van der Waals surface area contributed by atoms with Crippen LogP contribution in [0.3, 0.4) is 0 Å². The highest BCUT2D eigenvalue weighted by atomic mass is 79.9. The summed E-state index contributed by atoms with van der Waals surface area (Å²) in [7, 11) is 0. The molecule has 4 nitrogen and oxygen atoms in total. The zero-order chi connectivity index (χ0) is 10.8. The van der Waals surface area contributed by atoms with E-state index >= 15 is 0 Å². The largest absolute Gasteiger partial charge is 0.476 e. The molecule has 78 valence electrons. The van der Waals surface area contributed by atoms with Gasteiger partial charge in [0.15, 0.2) is 5.69 Å². The Labute approximate surface area is 98.3 Å². The quantitative estimate of drug-likeness (QED) is 0.943. The Morgan fingerprint density at radius 3 is 2.93 bits per heavy atom. The molecule has 2 heterocycles. The molecule has 0 unspecified atom stereocenters. The molecule has 0 aliphatic rings. The van der Waals surface area contributed by atoms with Crippen LogP contribution >= 0.6 is 27.3 Å². The van der Waals surface area contributed by atoms with E-state index in [-0.39, 0.29) is 5.69 Å². The van der Waals surface area contributed by atoms with Crippen LogP contribution in [-0.4, -0.2) is 20.9 Å². The topological polar surface area (TPSA) is 55.1 Å². The number of hydrogen-bond acceptors (Lipinski definition) is 3. The van der Waals surface area contributed by atoms with Crippen molar-refractivity contribution in [2.75, 3.05) is 0 Å². The lowest BCUT2D eigenvalue weighted by atomic mass is 10.4. The summed E-state index contributed by atoms with van der Waals surface area (Å²) in [5.74, 6) is -1.00. The SMILES string of the molecule is O=C(O)c1ccn(Cc2sccc2Br)n1. The van der Waals surface area contributed by atoms with E-state index < -0.39 is 5.97 Å². The van der Waals surface area contributed by atoms with Crippen LogP contribution in [0, 0.1) is 0 Å². The van der Waals surface area contributed by atoms with Crippen LogP contribution in [0.15, 0.2) is 28.2 Å². The second-order valence-electron chi connectivity index (χ2n) is 2.90. The summed E-state index contributed by atoms with van der Waals surface area (Å²) in [6.45, 7) is 0.589. The van der Waals surface area contributed by atoms with Crippen molar-refractivity contribution in [1.29, 1.82) is 0 Å². The molecule has 2 rings (SSSR count). The third kappa shape index (κ3) is 2.27. The molecule has 0 amide bonds. The number of carboxylic acids is 1. The lowest BCUT2D eigenvalue weighted by molar-refractivity contribution is 0.0689. The first-order valence-corrected chi connectivity index (χ1v) is 5.82. The van der Waals surface area contributed by atoms with Crippen molar-refractivity contribution in [3.8, 4) is 0 Å². The average molecular weight is 287 g/mol. The van der Waals surface area contributed by atoms with Gasteiger partial charge in [-0.05, 0) is 33.4 Å². The average Bonchev–Trinajstić information content (AvgIpc) is 2.77. The number of carboxylic acid groups (broad SMARTS) is 1. The van der Waals surface area contributed by atoms with Crippen molar-refractivity contribution in [3.63, 3.8) is 0 Å². The third-order valence-corrected chi connectivity index (χ3v) is 3.77. The third-order valence-electron chi connectivity index (χ3n) is 1.86. The van der Waals surface area contributed by atoms with Gasteiger partial charge in [0.25, 0.3) is 0 Å². The van der Waals surface area contributed by atoms with Crippen molar-refractivity contribution >= 4 is 33.2 Å². The number of aromatic carboxylic acids is 1. The van der Waals surface area contributed by atoms with Gasteiger partial charge in [0, 0.05) is 15.5 Å². The Balaban J connectivity index is 2.18. The molecular formula is C9H7BrN2O2S. The molecule has 0 fully saturated rings. The van der Waals surface area contributed by atoms with Crippen LogP contribution in [0.2, 0.25) is 0 Å². The number of hydrogen-bond donors (Lipinski definition) is 1. The van der Waals surface area contributed by atoms with Crippen LogP contribution in [-0.2, 0) is 6.54 Å². The van der Waals surface area contributed by atoms with Gasteiger partial charge in [0.1, 0.15) is 0 Å². The van der Waals surface area contributed by atoms with Crippen LogP contribution in [0.5, 0.6) is 0 Å². The summed E-state index contributed by atoms with van der Waals surface area (Å²) in [6.07, 6.45) is 1.66. The highest BCUT2D eigenvalue weighted by molar-refractivity contribution is 9.10. The summed E-state index contributed by atoms with van der Waals surface area (Å²) < 4.78 is 2.64. The molecule has 0 saturated heterocycles. The first kappa shape index (κ1) is 10.4. The number of rotatable bonds is 3. The minimum atomic E-state index is -1.00. The fourth-order valence-corrected chi connectivity index (χ4v) is 2.62. The zero-order valence-electron chi connectivity index (χ0n) is 7.55. The molecule has 0 radical (unpaired) electrons. The Morgan fingerprint density at radius 2 is 2.40 bits per heavy atom. The molecule has 0 bridgehead atoms. The van der Waals surface area contributed by atoms with Gasteiger partial charge < -0.3 is 5.11 Å². The maximum atomic E-state index is 10.6. The predicted molar refractivity (Wildman–Crippen MR) is 60.3 cm³/mol. The second-order valence-corrected chi connectivity index (χ2v) is 4.75. The fourth-order valence-electron chi connectivity index (χ4n) is 1.15. The zero-order valence-corrected chi connectivity index (χ0v) is 9.96. The minimum Gasteiger partial charge on any atom is -0.476 e. The van der Waals surface area contributed by atoms with E-state index in [2.05, 4.69) is 21.0 Å². The van der Waals surface area contributed by atoms with E-state index in [0.29, 0.717) is 6.54 Å². The summed E-state index contributed by atoms with van der Waals surface area (Å²) >= 11 is 5.02. The highest BCUT2D eigenvalue weighted by Crippen LogP contribution is 2.23. The van der Waals surface area contributed by atoms with Gasteiger partial charge in [-0.1, -0.05) is 0 Å². The lowest BCUT2D eigenvalue weighted by Gasteiger charge is -1.98. The number of halogens is 1. The standard InChI is InChI=1S/C9H7BrN2O2S/c10-6-2-4-15-8(6)5-12-3-1-7(11-12)9(13)14/h1-4H,5H2,(H,13,14). The van der Waals surface area contributed by atoms with Gasteiger partial charge in [-0.3, -0.25) is 4.68 Å². The normalized spacial score (nSPS) is 10.5. The maximum absolute atomic E-state index is 10.6. The Hall–Kier alpha value is -1.14. The second kappa shape index (κ2) is 4.16. The Bertz CT molecular complexity index is 492. The molecule has 0 aliphatic carbocycles.